The summed E-state index contributed by atoms with van der Waals surface area (Å²) in [5, 5.41) is 0. The molecule has 1 heterocycles. The number of allylic oxidation sites excluding steroid dienone is 3. The average Bonchev–Trinajstić information content (AvgIpc) is 2.51. The van der Waals surface area contributed by atoms with E-state index in [4.69, 9.17) is 4.74 Å². The van der Waals surface area contributed by atoms with Crippen molar-refractivity contribution in [3.63, 3.8) is 0 Å². The van der Waals surface area contributed by atoms with Crippen LogP contribution in [0.1, 0.15) is 32.1 Å². The summed E-state index contributed by atoms with van der Waals surface area (Å²) in [6.07, 6.45) is 10.6. The highest BCUT2D eigenvalue weighted by atomic mass is 16.5. The van der Waals surface area contributed by atoms with Crippen LogP contribution in [0.2, 0.25) is 0 Å². The summed E-state index contributed by atoms with van der Waals surface area (Å²) in [6.45, 7) is 3.63. The molecule has 0 radical (unpaired) electrons. The minimum absolute atomic E-state index is 0.0416. The predicted octanol–water partition coefficient (Wildman–Crippen LogP) is 2.60. The van der Waals surface area contributed by atoms with Crippen LogP contribution in [0.3, 0.4) is 0 Å². The smallest absolute Gasteiger partial charge is 0.306 e. The summed E-state index contributed by atoms with van der Waals surface area (Å²) in [5.41, 5.74) is 0. The summed E-state index contributed by atoms with van der Waals surface area (Å²) in [7, 11) is 0. The summed E-state index contributed by atoms with van der Waals surface area (Å²) < 4.78 is 5.07. The van der Waals surface area contributed by atoms with E-state index < -0.39 is 0 Å². The van der Waals surface area contributed by atoms with Gasteiger partial charge in [-0.2, -0.15) is 0 Å². The fraction of sp³-hybridized carbons (Fsp3) is 0.545. The fourth-order valence-corrected chi connectivity index (χ4v) is 1.38. The third kappa shape index (κ3) is 3.92. The fourth-order valence-electron chi connectivity index (χ4n) is 1.38. The number of carbonyl (C=O) groups excluding carboxylic acids is 1. The van der Waals surface area contributed by atoms with E-state index in [1.54, 1.807) is 0 Å². The lowest BCUT2D eigenvalue weighted by Gasteiger charge is -2.05. The number of hydrogen-bond acceptors (Lipinski definition) is 2. The largest absolute Gasteiger partial charge is 0.462 e. The normalized spacial score (nSPS) is 22.2. The Labute approximate surface area is 79.3 Å². The number of carbonyl (C=O) groups is 1. The van der Waals surface area contributed by atoms with Crippen molar-refractivity contribution in [1.82, 2.24) is 0 Å². The van der Waals surface area contributed by atoms with Crippen molar-refractivity contribution in [2.75, 3.05) is 0 Å². The molecular formula is C11H16O2. The Kier molecular flexibility index (Phi) is 4.30. The molecule has 2 nitrogen and oxygen atoms in total. The minimum atomic E-state index is -0.0416. The van der Waals surface area contributed by atoms with Gasteiger partial charge in [-0.1, -0.05) is 18.2 Å². The molecule has 1 atom stereocenters. The van der Waals surface area contributed by atoms with E-state index in [9.17, 15) is 4.79 Å². The topological polar surface area (TPSA) is 26.3 Å². The Morgan fingerprint density at radius 3 is 3.00 bits per heavy atom. The highest BCUT2D eigenvalue weighted by Gasteiger charge is 2.21. The van der Waals surface area contributed by atoms with Gasteiger partial charge in [-0.3, -0.25) is 4.79 Å². The molecular weight excluding hydrogens is 164 g/mol. The van der Waals surface area contributed by atoms with E-state index in [1.165, 1.54) is 0 Å². The van der Waals surface area contributed by atoms with E-state index in [1.807, 2.05) is 6.08 Å². The van der Waals surface area contributed by atoms with Gasteiger partial charge in [0.05, 0.1) is 0 Å². The first kappa shape index (κ1) is 10.0. The zero-order valence-electron chi connectivity index (χ0n) is 7.87. The van der Waals surface area contributed by atoms with Gasteiger partial charge in [0.25, 0.3) is 0 Å². The van der Waals surface area contributed by atoms with Crippen LogP contribution in [0.5, 0.6) is 0 Å². The minimum Gasteiger partial charge on any atom is -0.462 e. The molecule has 2 heteroatoms. The number of ether oxygens (including phenoxy) is 1. The Morgan fingerprint density at radius 2 is 2.38 bits per heavy atom. The molecule has 1 aliphatic rings. The number of esters is 1. The average molecular weight is 180 g/mol. The Balaban J connectivity index is 2.06. The Bertz CT molecular complexity index is 206. The molecule has 0 spiro atoms. The second-order valence-corrected chi connectivity index (χ2v) is 3.22. The molecule has 0 N–H and O–H groups in total. The molecule has 1 rings (SSSR count). The predicted molar refractivity (Wildman–Crippen MR) is 52.3 cm³/mol. The highest BCUT2D eigenvalue weighted by molar-refractivity contribution is 5.71. The molecule has 0 bridgehead atoms. The molecule has 0 saturated carbocycles. The first-order valence-corrected chi connectivity index (χ1v) is 4.78. The molecule has 0 aliphatic carbocycles. The zero-order valence-corrected chi connectivity index (χ0v) is 7.87. The molecule has 0 aromatic heterocycles. The molecule has 0 aromatic rings. The van der Waals surface area contributed by atoms with Crippen LogP contribution in [0.25, 0.3) is 0 Å². The molecule has 1 unspecified atom stereocenters. The molecule has 0 aromatic carbocycles. The Hall–Kier alpha value is -1.05. The maximum atomic E-state index is 10.7. The van der Waals surface area contributed by atoms with Crippen LogP contribution in [0.4, 0.5) is 0 Å². The molecule has 72 valence electrons. The molecule has 0 amide bonds. The quantitative estimate of drug-likeness (QED) is 0.480. The molecule has 1 fully saturated rings. The lowest BCUT2D eigenvalue weighted by atomic mass is 10.1. The van der Waals surface area contributed by atoms with E-state index in [0.29, 0.717) is 6.42 Å². The van der Waals surface area contributed by atoms with Crippen LogP contribution in [0.15, 0.2) is 24.8 Å². The van der Waals surface area contributed by atoms with Gasteiger partial charge in [-0.15, -0.1) is 6.58 Å². The number of cyclic esters (lactones) is 1. The number of hydrogen-bond donors (Lipinski definition) is 0. The van der Waals surface area contributed by atoms with Gasteiger partial charge < -0.3 is 4.74 Å². The van der Waals surface area contributed by atoms with Crippen molar-refractivity contribution in [3.8, 4) is 0 Å². The van der Waals surface area contributed by atoms with E-state index in [0.717, 1.165) is 25.7 Å². The maximum Gasteiger partial charge on any atom is 0.306 e. The van der Waals surface area contributed by atoms with Crippen molar-refractivity contribution in [2.24, 2.45) is 0 Å². The van der Waals surface area contributed by atoms with Gasteiger partial charge in [0, 0.05) is 6.42 Å². The maximum absolute atomic E-state index is 10.7. The van der Waals surface area contributed by atoms with E-state index in [2.05, 4.69) is 18.7 Å². The van der Waals surface area contributed by atoms with Crippen molar-refractivity contribution in [2.45, 2.75) is 38.2 Å². The SMILES string of the molecule is C=CCC=CCCC1CCC(=O)O1. The third-order valence-corrected chi connectivity index (χ3v) is 2.09. The van der Waals surface area contributed by atoms with Crippen LogP contribution in [-0.4, -0.2) is 12.1 Å². The summed E-state index contributed by atoms with van der Waals surface area (Å²) >= 11 is 0. The monoisotopic (exact) mass is 180 g/mol. The highest BCUT2D eigenvalue weighted by Crippen LogP contribution is 2.18. The molecule has 13 heavy (non-hydrogen) atoms. The van der Waals surface area contributed by atoms with Gasteiger partial charge in [0.15, 0.2) is 0 Å². The lowest BCUT2D eigenvalue weighted by molar-refractivity contribution is -0.141. The second-order valence-electron chi connectivity index (χ2n) is 3.22. The van der Waals surface area contributed by atoms with Crippen molar-refractivity contribution in [1.29, 1.82) is 0 Å². The standard InChI is InChI=1S/C11H16O2/c1-2-3-4-5-6-7-10-8-9-11(12)13-10/h2,4-5,10H,1,3,6-9H2. The summed E-state index contributed by atoms with van der Waals surface area (Å²) in [4.78, 5) is 10.7. The van der Waals surface area contributed by atoms with Gasteiger partial charge >= 0.3 is 5.97 Å². The first-order chi connectivity index (χ1) is 6.33. The third-order valence-electron chi connectivity index (χ3n) is 2.09. The first-order valence-electron chi connectivity index (χ1n) is 4.78. The lowest BCUT2D eigenvalue weighted by Crippen LogP contribution is -2.05. The van der Waals surface area contributed by atoms with Crippen molar-refractivity contribution in [3.05, 3.63) is 24.8 Å². The number of rotatable bonds is 5. The molecule has 1 aliphatic heterocycles. The summed E-state index contributed by atoms with van der Waals surface area (Å²) in [6, 6.07) is 0. The van der Waals surface area contributed by atoms with Gasteiger partial charge in [-0.05, 0) is 25.7 Å². The van der Waals surface area contributed by atoms with Crippen LogP contribution >= 0.6 is 0 Å². The summed E-state index contributed by atoms with van der Waals surface area (Å²) in [5.74, 6) is -0.0416. The van der Waals surface area contributed by atoms with Crippen molar-refractivity contribution >= 4 is 5.97 Å². The van der Waals surface area contributed by atoms with Crippen LogP contribution in [-0.2, 0) is 9.53 Å². The van der Waals surface area contributed by atoms with Gasteiger partial charge in [0.2, 0.25) is 0 Å². The van der Waals surface area contributed by atoms with Crippen molar-refractivity contribution < 1.29 is 9.53 Å². The van der Waals surface area contributed by atoms with Gasteiger partial charge in [0.1, 0.15) is 6.10 Å². The van der Waals surface area contributed by atoms with Gasteiger partial charge in [-0.25, -0.2) is 0 Å². The van der Waals surface area contributed by atoms with Crippen LogP contribution in [0, 0.1) is 0 Å². The zero-order chi connectivity index (χ0) is 9.52. The van der Waals surface area contributed by atoms with E-state index in [-0.39, 0.29) is 12.1 Å². The molecule has 1 saturated heterocycles. The Morgan fingerprint density at radius 1 is 1.54 bits per heavy atom. The van der Waals surface area contributed by atoms with E-state index >= 15 is 0 Å². The van der Waals surface area contributed by atoms with Crippen LogP contribution < -0.4 is 0 Å². The second kappa shape index (κ2) is 5.57.